The quantitative estimate of drug-likeness (QED) is 0.738. The Morgan fingerprint density at radius 2 is 2.07 bits per heavy atom. The number of benzene rings is 1. The summed E-state index contributed by atoms with van der Waals surface area (Å²) in [6.07, 6.45) is -4.83. The molecule has 0 aliphatic carbocycles. The molecule has 15 heavy (non-hydrogen) atoms. The minimum atomic E-state index is -4.83. The Morgan fingerprint density at radius 1 is 1.40 bits per heavy atom. The lowest BCUT2D eigenvalue weighted by Crippen LogP contribution is -2.18. The molecule has 0 N–H and O–H groups in total. The van der Waals surface area contributed by atoms with Gasteiger partial charge in [-0.1, -0.05) is 12.1 Å². The monoisotopic (exact) mass is 235 g/mol. The van der Waals surface area contributed by atoms with E-state index in [9.17, 15) is 13.2 Å². The number of nitrogens with zero attached hydrogens (tertiary/aromatic N) is 1. The van der Waals surface area contributed by atoms with Crippen LogP contribution in [0.1, 0.15) is 11.1 Å². The first-order valence-corrected chi connectivity index (χ1v) is 4.35. The molecule has 0 unspecified atom stereocenters. The van der Waals surface area contributed by atoms with Gasteiger partial charge in [-0.2, -0.15) is 5.26 Å². The number of para-hydroxylation sites is 1. The number of hydrogen-bond acceptors (Lipinski definition) is 2. The maximum atomic E-state index is 12.0. The van der Waals surface area contributed by atoms with Crippen molar-refractivity contribution in [2.75, 3.05) is 0 Å². The maximum Gasteiger partial charge on any atom is 0.573 e. The molecule has 1 aromatic rings. The zero-order chi connectivity index (χ0) is 11.5. The van der Waals surface area contributed by atoms with Gasteiger partial charge in [0.15, 0.2) is 5.75 Å². The summed E-state index contributed by atoms with van der Waals surface area (Å²) in [5.74, 6) is -0.677. The molecule has 0 saturated carbocycles. The zero-order valence-electron chi connectivity index (χ0n) is 7.31. The van der Waals surface area contributed by atoms with Crippen LogP contribution in [-0.2, 0) is 5.88 Å². The van der Waals surface area contributed by atoms with Crippen LogP contribution in [0.4, 0.5) is 13.2 Å². The molecule has 0 aliphatic rings. The SMILES string of the molecule is N#Cc1cccc(CCl)c1OC(F)(F)F. The Labute approximate surface area is 88.8 Å². The van der Waals surface area contributed by atoms with Crippen molar-refractivity contribution in [1.29, 1.82) is 5.26 Å². The lowest BCUT2D eigenvalue weighted by atomic mass is 10.1. The van der Waals surface area contributed by atoms with Gasteiger partial charge in [-0.3, -0.25) is 0 Å². The first kappa shape index (κ1) is 11.7. The Balaban J connectivity index is 3.18. The Bertz CT molecular complexity index is 397. The highest BCUT2D eigenvalue weighted by Gasteiger charge is 2.33. The van der Waals surface area contributed by atoms with Crippen LogP contribution in [0.5, 0.6) is 5.75 Å². The maximum absolute atomic E-state index is 12.0. The van der Waals surface area contributed by atoms with E-state index in [0.29, 0.717) is 0 Å². The van der Waals surface area contributed by atoms with E-state index in [4.69, 9.17) is 16.9 Å². The van der Waals surface area contributed by atoms with Gasteiger partial charge in [-0.25, -0.2) is 0 Å². The third kappa shape index (κ3) is 3.03. The van der Waals surface area contributed by atoms with E-state index in [1.54, 1.807) is 6.07 Å². The van der Waals surface area contributed by atoms with Gasteiger partial charge in [-0.15, -0.1) is 24.8 Å². The minimum absolute atomic E-state index is 0.132. The lowest BCUT2D eigenvalue weighted by molar-refractivity contribution is -0.275. The van der Waals surface area contributed by atoms with E-state index >= 15 is 0 Å². The molecule has 1 aromatic carbocycles. The van der Waals surface area contributed by atoms with Crippen LogP contribution in [0, 0.1) is 11.3 Å². The first-order chi connectivity index (χ1) is 6.98. The van der Waals surface area contributed by atoms with Gasteiger partial charge in [0.25, 0.3) is 0 Å². The molecule has 0 radical (unpaired) electrons. The fraction of sp³-hybridized carbons (Fsp3) is 0.222. The van der Waals surface area contributed by atoms with Crippen LogP contribution in [0.25, 0.3) is 0 Å². The summed E-state index contributed by atoms with van der Waals surface area (Å²) >= 11 is 5.43. The summed E-state index contributed by atoms with van der Waals surface area (Å²) in [6, 6.07) is 5.66. The van der Waals surface area contributed by atoms with Crippen molar-refractivity contribution in [1.82, 2.24) is 0 Å². The predicted molar refractivity (Wildman–Crippen MR) is 47.4 cm³/mol. The average molecular weight is 236 g/mol. The number of ether oxygens (including phenoxy) is 1. The molecule has 0 fully saturated rings. The highest BCUT2D eigenvalue weighted by atomic mass is 35.5. The second kappa shape index (κ2) is 4.41. The van der Waals surface area contributed by atoms with Crippen LogP contribution in [0.15, 0.2) is 18.2 Å². The van der Waals surface area contributed by atoms with Crippen LogP contribution in [0.3, 0.4) is 0 Å². The molecule has 0 spiro atoms. The average Bonchev–Trinajstić information content (AvgIpc) is 2.16. The van der Waals surface area contributed by atoms with Crippen molar-refractivity contribution < 1.29 is 17.9 Å². The van der Waals surface area contributed by atoms with E-state index in [-0.39, 0.29) is 17.0 Å². The molecule has 80 valence electrons. The molecule has 2 nitrogen and oxygen atoms in total. The zero-order valence-corrected chi connectivity index (χ0v) is 8.06. The van der Waals surface area contributed by atoms with Crippen molar-refractivity contribution in [2.45, 2.75) is 12.2 Å². The van der Waals surface area contributed by atoms with E-state index in [2.05, 4.69) is 4.74 Å². The number of halogens is 4. The van der Waals surface area contributed by atoms with Crippen LogP contribution in [0.2, 0.25) is 0 Å². The normalized spacial score (nSPS) is 10.9. The summed E-state index contributed by atoms with van der Waals surface area (Å²) in [7, 11) is 0. The highest BCUT2D eigenvalue weighted by Crippen LogP contribution is 2.30. The first-order valence-electron chi connectivity index (χ1n) is 3.81. The molecular formula is C9H5ClF3NO. The van der Waals surface area contributed by atoms with Gasteiger partial charge in [0.1, 0.15) is 6.07 Å². The molecule has 0 aliphatic heterocycles. The summed E-state index contributed by atoms with van der Waals surface area (Å²) in [6.45, 7) is 0. The lowest BCUT2D eigenvalue weighted by Gasteiger charge is -2.12. The molecule has 1 rings (SSSR count). The van der Waals surface area contributed by atoms with Crippen molar-refractivity contribution >= 4 is 11.6 Å². The minimum Gasteiger partial charge on any atom is -0.404 e. The Morgan fingerprint density at radius 3 is 2.53 bits per heavy atom. The van der Waals surface area contributed by atoms with Gasteiger partial charge in [0.05, 0.1) is 11.4 Å². The number of nitriles is 1. The molecule has 0 aromatic heterocycles. The molecule has 0 atom stereocenters. The van der Waals surface area contributed by atoms with Crippen molar-refractivity contribution in [3.8, 4) is 11.8 Å². The van der Waals surface area contributed by atoms with Gasteiger partial charge in [0.2, 0.25) is 0 Å². The molecule has 0 amide bonds. The fourth-order valence-electron chi connectivity index (χ4n) is 1.01. The third-order valence-corrected chi connectivity index (χ3v) is 1.87. The third-order valence-electron chi connectivity index (χ3n) is 1.58. The highest BCUT2D eigenvalue weighted by molar-refractivity contribution is 6.17. The van der Waals surface area contributed by atoms with Crippen LogP contribution in [-0.4, -0.2) is 6.36 Å². The Kier molecular flexibility index (Phi) is 3.43. The topological polar surface area (TPSA) is 33.0 Å². The molecule has 0 heterocycles. The molecular weight excluding hydrogens is 231 g/mol. The summed E-state index contributed by atoms with van der Waals surface area (Å²) in [4.78, 5) is 0. The number of rotatable bonds is 2. The number of alkyl halides is 4. The van der Waals surface area contributed by atoms with Gasteiger partial charge >= 0.3 is 6.36 Å². The summed E-state index contributed by atoms with van der Waals surface area (Å²) in [5, 5.41) is 8.59. The van der Waals surface area contributed by atoms with Gasteiger partial charge in [0, 0.05) is 5.56 Å². The Hall–Kier alpha value is -1.41. The van der Waals surface area contributed by atoms with E-state index in [1.807, 2.05) is 0 Å². The molecule has 0 bridgehead atoms. The largest absolute Gasteiger partial charge is 0.573 e. The summed E-state index contributed by atoms with van der Waals surface area (Å²) in [5.41, 5.74) is -0.0569. The fourth-order valence-corrected chi connectivity index (χ4v) is 1.22. The van der Waals surface area contributed by atoms with Crippen molar-refractivity contribution in [3.05, 3.63) is 29.3 Å². The standard InChI is InChI=1S/C9H5ClF3NO/c10-4-6-2-1-3-7(5-14)8(6)15-9(11,12)13/h1-3H,4H2. The van der Waals surface area contributed by atoms with Gasteiger partial charge < -0.3 is 4.74 Å². The predicted octanol–water partition coefficient (Wildman–Crippen LogP) is 3.20. The van der Waals surface area contributed by atoms with E-state index in [1.165, 1.54) is 18.2 Å². The van der Waals surface area contributed by atoms with Crippen LogP contribution < -0.4 is 4.74 Å². The van der Waals surface area contributed by atoms with E-state index < -0.39 is 12.1 Å². The molecule has 0 saturated heterocycles. The van der Waals surface area contributed by atoms with Crippen molar-refractivity contribution in [2.24, 2.45) is 0 Å². The van der Waals surface area contributed by atoms with Crippen LogP contribution >= 0.6 is 11.6 Å². The smallest absolute Gasteiger partial charge is 0.404 e. The van der Waals surface area contributed by atoms with Crippen molar-refractivity contribution in [3.63, 3.8) is 0 Å². The molecule has 6 heteroatoms. The van der Waals surface area contributed by atoms with E-state index in [0.717, 1.165) is 0 Å². The number of hydrogen-bond donors (Lipinski definition) is 0. The second-order valence-corrected chi connectivity index (χ2v) is 2.85. The summed E-state index contributed by atoms with van der Waals surface area (Å²) < 4.78 is 39.7. The van der Waals surface area contributed by atoms with Gasteiger partial charge in [-0.05, 0) is 6.07 Å². The second-order valence-electron chi connectivity index (χ2n) is 2.59.